The van der Waals surface area contributed by atoms with Gasteiger partial charge in [-0.3, -0.25) is 0 Å². The summed E-state index contributed by atoms with van der Waals surface area (Å²) in [6.07, 6.45) is 0. The van der Waals surface area contributed by atoms with Crippen LogP contribution >= 0.6 is 0 Å². The molecule has 0 radical (unpaired) electrons. The van der Waals surface area contributed by atoms with Gasteiger partial charge in [0, 0.05) is 5.69 Å². The molecule has 1 heterocycles. The number of nitrogens with two attached hydrogens (primary N) is 1. The summed E-state index contributed by atoms with van der Waals surface area (Å²) in [5.41, 5.74) is 6.33. The van der Waals surface area contributed by atoms with Crippen molar-refractivity contribution in [2.24, 2.45) is 0 Å². The molecular formula is C9H11NO2. The minimum absolute atomic E-state index is 0.386. The van der Waals surface area contributed by atoms with Crippen molar-refractivity contribution in [3.8, 4) is 0 Å². The fraction of sp³-hybridized carbons (Fsp3) is 0.333. The lowest BCUT2D eigenvalue weighted by molar-refractivity contribution is -0.184. The summed E-state index contributed by atoms with van der Waals surface area (Å²) in [5.74, 6) is 0. The number of anilines is 1. The van der Waals surface area contributed by atoms with Gasteiger partial charge in [-0.25, -0.2) is 0 Å². The number of aliphatic hydroxyl groups is 1. The number of ether oxygens (including phenoxy) is 1. The van der Waals surface area contributed by atoms with Crippen LogP contribution in [0.3, 0.4) is 0 Å². The highest BCUT2D eigenvalue weighted by Crippen LogP contribution is 2.29. The first kappa shape index (κ1) is 7.58. The smallest absolute Gasteiger partial charge is 0.136 e. The number of nitrogen functional groups attached to an aromatic ring is 1. The lowest BCUT2D eigenvalue weighted by Crippen LogP contribution is -2.46. The normalized spacial score (nSPS) is 20.1. The van der Waals surface area contributed by atoms with E-state index in [0.29, 0.717) is 18.9 Å². The Bertz CT molecular complexity index is 277. The number of benzene rings is 1. The summed E-state index contributed by atoms with van der Waals surface area (Å²) < 4.78 is 4.94. The Balaban J connectivity index is 2.28. The molecule has 0 spiro atoms. The Morgan fingerprint density at radius 2 is 1.83 bits per heavy atom. The van der Waals surface area contributed by atoms with Gasteiger partial charge < -0.3 is 15.6 Å². The van der Waals surface area contributed by atoms with E-state index in [0.717, 1.165) is 5.56 Å². The van der Waals surface area contributed by atoms with Crippen molar-refractivity contribution in [1.29, 1.82) is 0 Å². The monoisotopic (exact) mass is 165 g/mol. The van der Waals surface area contributed by atoms with Crippen molar-refractivity contribution in [2.75, 3.05) is 18.9 Å². The minimum atomic E-state index is -0.770. The van der Waals surface area contributed by atoms with E-state index in [1.54, 1.807) is 12.1 Å². The lowest BCUT2D eigenvalue weighted by Gasteiger charge is -2.36. The Morgan fingerprint density at radius 3 is 2.25 bits per heavy atom. The molecule has 0 aliphatic carbocycles. The second-order valence-electron chi connectivity index (χ2n) is 3.15. The molecule has 0 atom stereocenters. The lowest BCUT2D eigenvalue weighted by atomic mass is 9.92. The maximum absolute atomic E-state index is 9.81. The van der Waals surface area contributed by atoms with E-state index in [1.807, 2.05) is 12.1 Å². The Labute approximate surface area is 70.8 Å². The molecule has 1 aliphatic heterocycles. The molecule has 2 rings (SSSR count). The summed E-state index contributed by atoms with van der Waals surface area (Å²) in [6.45, 7) is 0.772. The van der Waals surface area contributed by atoms with Crippen LogP contribution in [0.5, 0.6) is 0 Å². The SMILES string of the molecule is Nc1ccc(C2(O)COC2)cc1. The Hall–Kier alpha value is -1.06. The molecule has 12 heavy (non-hydrogen) atoms. The zero-order chi connectivity index (χ0) is 8.60. The third-order valence-electron chi connectivity index (χ3n) is 2.13. The second kappa shape index (κ2) is 2.47. The highest BCUT2D eigenvalue weighted by atomic mass is 16.5. The van der Waals surface area contributed by atoms with Crippen molar-refractivity contribution in [3.05, 3.63) is 29.8 Å². The van der Waals surface area contributed by atoms with Gasteiger partial charge in [0.2, 0.25) is 0 Å². The van der Waals surface area contributed by atoms with Crippen LogP contribution < -0.4 is 5.73 Å². The molecule has 0 saturated carbocycles. The maximum atomic E-state index is 9.81. The van der Waals surface area contributed by atoms with E-state index in [2.05, 4.69) is 0 Å². The van der Waals surface area contributed by atoms with E-state index in [9.17, 15) is 5.11 Å². The highest BCUT2D eigenvalue weighted by Gasteiger charge is 2.37. The van der Waals surface area contributed by atoms with Gasteiger partial charge in [0.25, 0.3) is 0 Å². The van der Waals surface area contributed by atoms with E-state index >= 15 is 0 Å². The molecule has 1 aromatic carbocycles. The molecule has 1 fully saturated rings. The summed E-state index contributed by atoms with van der Waals surface area (Å²) in [6, 6.07) is 7.23. The van der Waals surface area contributed by atoms with E-state index in [1.165, 1.54) is 0 Å². The quantitative estimate of drug-likeness (QED) is 0.595. The van der Waals surface area contributed by atoms with Gasteiger partial charge in [-0.15, -0.1) is 0 Å². The van der Waals surface area contributed by atoms with Crippen LogP contribution in [0.15, 0.2) is 24.3 Å². The zero-order valence-electron chi connectivity index (χ0n) is 6.66. The van der Waals surface area contributed by atoms with Crippen molar-refractivity contribution in [2.45, 2.75) is 5.60 Å². The molecule has 3 nitrogen and oxygen atoms in total. The summed E-state index contributed by atoms with van der Waals surface area (Å²) in [7, 11) is 0. The average molecular weight is 165 g/mol. The molecule has 0 bridgehead atoms. The fourth-order valence-corrected chi connectivity index (χ4v) is 1.26. The molecule has 0 unspecified atom stereocenters. The highest BCUT2D eigenvalue weighted by molar-refractivity contribution is 5.41. The molecule has 64 valence electrons. The topological polar surface area (TPSA) is 55.5 Å². The van der Waals surface area contributed by atoms with Crippen LogP contribution in [0.1, 0.15) is 5.56 Å². The van der Waals surface area contributed by atoms with Gasteiger partial charge in [0.1, 0.15) is 5.60 Å². The fourth-order valence-electron chi connectivity index (χ4n) is 1.26. The van der Waals surface area contributed by atoms with Gasteiger partial charge in [0.05, 0.1) is 13.2 Å². The van der Waals surface area contributed by atoms with Crippen LogP contribution in [-0.4, -0.2) is 18.3 Å². The molecule has 1 aliphatic rings. The third-order valence-corrected chi connectivity index (χ3v) is 2.13. The average Bonchev–Trinajstić information content (AvgIpc) is 2.02. The molecule has 0 aromatic heterocycles. The predicted molar refractivity (Wildman–Crippen MR) is 45.6 cm³/mol. The van der Waals surface area contributed by atoms with Crippen LogP contribution in [0.4, 0.5) is 5.69 Å². The largest absolute Gasteiger partial charge is 0.399 e. The molecule has 3 N–H and O–H groups in total. The molecule has 3 heteroatoms. The Kier molecular flexibility index (Phi) is 1.56. The molecular weight excluding hydrogens is 154 g/mol. The summed E-state index contributed by atoms with van der Waals surface area (Å²) >= 11 is 0. The molecule has 1 aromatic rings. The standard InChI is InChI=1S/C9H11NO2/c10-8-3-1-7(2-4-8)9(11)5-12-6-9/h1-4,11H,5-6,10H2. The molecule has 0 amide bonds. The maximum Gasteiger partial charge on any atom is 0.136 e. The van der Waals surface area contributed by atoms with Crippen LogP contribution in [-0.2, 0) is 10.3 Å². The van der Waals surface area contributed by atoms with Crippen molar-refractivity contribution >= 4 is 5.69 Å². The van der Waals surface area contributed by atoms with Gasteiger partial charge >= 0.3 is 0 Å². The molecule has 1 saturated heterocycles. The minimum Gasteiger partial charge on any atom is -0.399 e. The van der Waals surface area contributed by atoms with Crippen molar-refractivity contribution in [1.82, 2.24) is 0 Å². The second-order valence-corrected chi connectivity index (χ2v) is 3.15. The predicted octanol–water partition coefficient (Wildman–Crippen LogP) is 0.487. The van der Waals surface area contributed by atoms with E-state index in [4.69, 9.17) is 10.5 Å². The van der Waals surface area contributed by atoms with Crippen molar-refractivity contribution < 1.29 is 9.84 Å². The van der Waals surface area contributed by atoms with Crippen LogP contribution in [0, 0.1) is 0 Å². The Morgan fingerprint density at radius 1 is 1.25 bits per heavy atom. The van der Waals surface area contributed by atoms with Gasteiger partial charge in [-0.1, -0.05) is 12.1 Å². The zero-order valence-corrected chi connectivity index (χ0v) is 6.66. The number of hydrogen-bond acceptors (Lipinski definition) is 3. The van der Waals surface area contributed by atoms with Gasteiger partial charge in [0.15, 0.2) is 0 Å². The van der Waals surface area contributed by atoms with E-state index in [-0.39, 0.29) is 0 Å². The van der Waals surface area contributed by atoms with Crippen molar-refractivity contribution in [3.63, 3.8) is 0 Å². The summed E-state index contributed by atoms with van der Waals surface area (Å²) in [4.78, 5) is 0. The first-order valence-electron chi connectivity index (χ1n) is 3.87. The number of rotatable bonds is 1. The van der Waals surface area contributed by atoms with E-state index < -0.39 is 5.60 Å². The van der Waals surface area contributed by atoms with Crippen LogP contribution in [0.25, 0.3) is 0 Å². The van der Waals surface area contributed by atoms with Gasteiger partial charge in [-0.05, 0) is 17.7 Å². The summed E-state index contributed by atoms with van der Waals surface area (Å²) in [5, 5.41) is 9.81. The third kappa shape index (κ3) is 1.07. The van der Waals surface area contributed by atoms with Gasteiger partial charge in [-0.2, -0.15) is 0 Å². The van der Waals surface area contributed by atoms with Crippen LogP contribution in [0.2, 0.25) is 0 Å². The number of hydrogen-bond donors (Lipinski definition) is 2. The first-order chi connectivity index (χ1) is 5.71. The first-order valence-corrected chi connectivity index (χ1v) is 3.87.